The van der Waals surface area contributed by atoms with Gasteiger partial charge in [0, 0.05) is 42.2 Å². The Kier molecular flexibility index (Phi) is 5.15. The first-order valence-corrected chi connectivity index (χ1v) is 8.33. The molecule has 0 aromatic carbocycles. The molecule has 2 rings (SSSR count). The molecule has 7 nitrogen and oxygen atoms in total. The van der Waals surface area contributed by atoms with Gasteiger partial charge in [-0.2, -0.15) is 0 Å². The zero-order valence-electron chi connectivity index (χ0n) is 14.8. The van der Waals surface area contributed by atoms with Crippen LogP contribution in [-0.4, -0.2) is 51.3 Å². The van der Waals surface area contributed by atoms with Gasteiger partial charge >= 0.3 is 0 Å². The molecule has 0 unspecified atom stereocenters. The van der Waals surface area contributed by atoms with Gasteiger partial charge in [-0.25, -0.2) is 0 Å². The van der Waals surface area contributed by atoms with Crippen LogP contribution >= 0.6 is 0 Å². The first-order chi connectivity index (χ1) is 11.0. The van der Waals surface area contributed by atoms with E-state index in [9.17, 15) is 19.6 Å². The van der Waals surface area contributed by atoms with Crippen molar-refractivity contribution in [3.05, 3.63) is 12.2 Å². The summed E-state index contributed by atoms with van der Waals surface area (Å²) < 4.78 is 0. The number of hydrogen-bond acceptors (Lipinski definition) is 4. The minimum Gasteiger partial charge on any atom is -0.353 e. The Hall–Kier alpha value is -1.73. The number of carbonyl (C=O) groups excluding carboxylic acids is 3. The highest BCUT2D eigenvalue weighted by atomic mass is 16.5. The summed E-state index contributed by atoms with van der Waals surface area (Å²) in [6.45, 7) is 7.79. The minimum atomic E-state index is -0.528. The minimum absolute atomic E-state index is 0.0515. The van der Waals surface area contributed by atoms with Crippen molar-refractivity contribution < 1.29 is 19.6 Å². The van der Waals surface area contributed by atoms with Gasteiger partial charge in [0.2, 0.25) is 5.91 Å². The second-order valence-corrected chi connectivity index (χ2v) is 7.86. The lowest BCUT2D eigenvalue weighted by Crippen LogP contribution is -2.62. The van der Waals surface area contributed by atoms with Gasteiger partial charge in [0.1, 0.15) is 0 Å². The maximum atomic E-state index is 12.3. The van der Waals surface area contributed by atoms with Crippen LogP contribution in [0.5, 0.6) is 0 Å². The van der Waals surface area contributed by atoms with E-state index >= 15 is 0 Å². The number of rotatable bonds is 5. The standard InChI is InChI=1S/C17H26N3O4/c1-16(2)10-12(11-17(3,4)20(16)24)18-13(21)6-5-9-19-14(22)7-8-15(19)23/h7-8,12H,5-6,9-11H2,1-4H3,(H,18,21). The lowest BCUT2D eigenvalue weighted by molar-refractivity contribution is -0.290. The van der Waals surface area contributed by atoms with Crippen molar-refractivity contribution in [2.45, 2.75) is 70.5 Å². The van der Waals surface area contributed by atoms with E-state index in [0.29, 0.717) is 19.3 Å². The summed E-state index contributed by atoms with van der Waals surface area (Å²) in [4.78, 5) is 36.1. The molecular formula is C17H26N3O4. The summed E-state index contributed by atoms with van der Waals surface area (Å²) in [5, 5.41) is 16.4. The maximum absolute atomic E-state index is 12.3. The van der Waals surface area contributed by atoms with E-state index in [0.717, 1.165) is 9.96 Å². The molecule has 0 aliphatic carbocycles. The highest BCUT2D eigenvalue weighted by Gasteiger charge is 2.46. The van der Waals surface area contributed by atoms with Gasteiger partial charge in [-0.1, -0.05) is 0 Å². The second-order valence-electron chi connectivity index (χ2n) is 7.86. The molecule has 2 aliphatic heterocycles. The van der Waals surface area contributed by atoms with Crippen molar-refractivity contribution in [3.63, 3.8) is 0 Å². The third kappa shape index (κ3) is 4.02. The van der Waals surface area contributed by atoms with Crippen LogP contribution in [-0.2, 0) is 19.6 Å². The molecule has 0 bridgehead atoms. The Morgan fingerprint density at radius 2 is 1.62 bits per heavy atom. The summed E-state index contributed by atoms with van der Waals surface area (Å²) in [5.74, 6) is -0.767. The van der Waals surface area contributed by atoms with Crippen molar-refractivity contribution in [1.82, 2.24) is 15.3 Å². The smallest absolute Gasteiger partial charge is 0.253 e. The molecule has 1 radical (unpaired) electrons. The molecule has 7 heteroatoms. The summed E-state index contributed by atoms with van der Waals surface area (Å²) in [6.07, 6.45) is 4.34. The number of hydrogen-bond donors (Lipinski definition) is 1. The molecule has 0 aromatic heterocycles. The Balaban J connectivity index is 1.80. The zero-order chi connectivity index (χ0) is 18.1. The van der Waals surface area contributed by atoms with E-state index < -0.39 is 11.1 Å². The molecule has 2 aliphatic rings. The third-order valence-corrected chi connectivity index (χ3v) is 4.64. The van der Waals surface area contributed by atoms with Gasteiger partial charge in [-0.05, 0) is 47.0 Å². The van der Waals surface area contributed by atoms with E-state index in [1.807, 2.05) is 27.7 Å². The molecule has 0 atom stereocenters. The SMILES string of the molecule is CC1(C)CC(NC(=O)CCCN2C(=O)C=CC2=O)CC(C)(C)N1[O]. The normalized spacial score (nSPS) is 23.8. The van der Waals surface area contributed by atoms with Crippen LogP contribution in [0, 0.1) is 0 Å². The average Bonchev–Trinajstić information content (AvgIpc) is 2.75. The number of amides is 3. The molecule has 2 heterocycles. The number of nitrogens with zero attached hydrogens (tertiary/aromatic N) is 2. The Morgan fingerprint density at radius 3 is 2.12 bits per heavy atom. The van der Waals surface area contributed by atoms with Gasteiger partial charge < -0.3 is 5.32 Å². The summed E-state index contributed by atoms with van der Waals surface area (Å²) >= 11 is 0. The van der Waals surface area contributed by atoms with Crippen molar-refractivity contribution in [2.75, 3.05) is 6.54 Å². The molecule has 0 aromatic rings. The first kappa shape index (κ1) is 18.6. The highest BCUT2D eigenvalue weighted by Crippen LogP contribution is 2.36. The van der Waals surface area contributed by atoms with Crippen LogP contribution in [0.2, 0.25) is 0 Å². The number of imide groups is 1. The van der Waals surface area contributed by atoms with Crippen LogP contribution in [0.15, 0.2) is 12.2 Å². The fourth-order valence-corrected chi connectivity index (χ4v) is 3.71. The highest BCUT2D eigenvalue weighted by molar-refractivity contribution is 6.12. The number of hydroxylamine groups is 2. The van der Waals surface area contributed by atoms with Gasteiger partial charge in [-0.15, -0.1) is 10.3 Å². The van der Waals surface area contributed by atoms with E-state index in [1.165, 1.54) is 12.2 Å². The Labute approximate surface area is 142 Å². The van der Waals surface area contributed by atoms with Gasteiger partial charge in [0.05, 0.1) is 0 Å². The first-order valence-electron chi connectivity index (χ1n) is 8.33. The van der Waals surface area contributed by atoms with Crippen LogP contribution in [0.3, 0.4) is 0 Å². The predicted octanol–water partition coefficient (Wildman–Crippen LogP) is 1.17. The fourth-order valence-electron chi connectivity index (χ4n) is 3.71. The van der Waals surface area contributed by atoms with Gasteiger partial charge in [0.15, 0.2) is 0 Å². The molecule has 1 fully saturated rings. The predicted molar refractivity (Wildman–Crippen MR) is 86.9 cm³/mol. The van der Waals surface area contributed by atoms with E-state index in [2.05, 4.69) is 5.32 Å². The van der Waals surface area contributed by atoms with E-state index in [-0.39, 0.29) is 36.7 Å². The lowest BCUT2D eigenvalue weighted by atomic mass is 9.79. The molecular weight excluding hydrogens is 310 g/mol. The fraction of sp³-hybridized carbons (Fsp3) is 0.706. The molecule has 3 amide bonds. The van der Waals surface area contributed by atoms with Gasteiger partial charge in [-0.3, -0.25) is 19.3 Å². The van der Waals surface area contributed by atoms with Crippen molar-refractivity contribution >= 4 is 17.7 Å². The van der Waals surface area contributed by atoms with E-state index in [4.69, 9.17) is 0 Å². The Morgan fingerprint density at radius 1 is 1.12 bits per heavy atom. The second kappa shape index (κ2) is 6.64. The molecule has 1 N–H and O–H groups in total. The monoisotopic (exact) mass is 336 g/mol. The molecule has 1 saturated heterocycles. The van der Waals surface area contributed by atoms with Crippen molar-refractivity contribution in [2.24, 2.45) is 0 Å². The lowest BCUT2D eigenvalue weighted by Gasteiger charge is -2.50. The number of piperidine rings is 1. The van der Waals surface area contributed by atoms with Crippen molar-refractivity contribution in [1.29, 1.82) is 0 Å². The molecule has 24 heavy (non-hydrogen) atoms. The number of carbonyl (C=O) groups is 3. The zero-order valence-corrected chi connectivity index (χ0v) is 14.8. The van der Waals surface area contributed by atoms with Crippen LogP contribution < -0.4 is 5.32 Å². The summed E-state index contributed by atoms with van der Waals surface area (Å²) in [6, 6.07) is -0.0515. The van der Waals surface area contributed by atoms with Crippen LogP contribution in [0.25, 0.3) is 0 Å². The largest absolute Gasteiger partial charge is 0.353 e. The quantitative estimate of drug-likeness (QED) is 0.763. The number of nitrogens with one attached hydrogen (secondary N) is 1. The molecule has 0 saturated carbocycles. The van der Waals surface area contributed by atoms with E-state index in [1.54, 1.807) is 0 Å². The van der Waals surface area contributed by atoms with Crippen LogP contribution in [0.4, 0.5) is 0 Å². The van der Waals surface area contributed by atoms with Crippen LogP contribution in [0.1, 0.15) is 53.4 Å². The van der Waals surface area contributed by atoms with Crippen molar-refractivity contribution in [3.8, 4) is 0 Å². The van der Waals surface area contributed by atoms with Gasteiger partial charge in [0.25, 0.3) is 11.8 Å². The topological polar surface area (TPSA) is 89.6 Å². The molecule has 133 valence electrons. The summed E-state index contributed by atoms with van der Waals surface area (Å²) in [5.41, 5.74) is -1.06. The average molecular weight is 336 g/mol. The maximum Gasteiger partial charge on any atom is 0.253 e. The Bertz CT molecular complexity index is 532. The summed E-state index contributed by atoms with van der Waals surface area (Å²) in [7, 11) is 0. The third-order valence-electron chi connectivity index (χ3n) is 4.64. The molecule has 0 spiro atoms.